The van der Waals surface area contributed by atoms with Crippen LogP contribution in [0.25, 0.3) is 0 Å². The minimum absolute atomic E-state index is 0.115. The second-order valence-corrected chi connectivity index (χ2v) is 4.81. The minimum Gasteiger partial charge on any atom is -0.384 e. The van der Waals surface area contributed by atoms with Gasteiger partial charge in [0, 0.05) is 51.3 Å². The standard InChI is InChI=1S/C15H21N5O/c1-3-6-17-13-4-7-16-11-12(13)15(21)19-8-5-14-18-9-10-20(14)2/h4,7,9-11H,3,5-6,8H2,1-2H3,(H,16,17)(H,19,21). The van der Waals surface area contributed by atoms with Gasteiger partial charge in [0.2, 0.25) is 0 Å². The molecular weight excluding hydrogens is 266 g/mol. The Morgan fingerprint density at radius 1 is 1.33 bits per heavy atom. The molecule has 6 heteroatoms. The van der Waals surface area contributed by atoms with Gasteiger partial charge in [-0.3, -0.25) is 9.78 Å². The molecule has 0 atom stereocenters. The normalized spacial score (nSPS) is 10.4. The Hall–Kier alpha value is -2.37. The fourth-order valence-corrected chi connectivity index (χ4v) is 2.01. The molecule has 1 amide bonds. The van der Waals surface area contributed by atoms with Crippen LogP contribution in [0.15, 0.2) is 30.9 Å². The number of aromatic nitrogens is 3. The fourth-order valence-electron chi connectivity index (χ4n) is 2.01. The van der Waals surface area contributed by atoms with Crippen molar-refractivity contribution >= 4 is 11.6 Å². The van der Waals surface area contributed by atoms with Crippen molar-refractivity contribution in [2.75, 3.05) is 18.4 Å². The molecule has 0 aromatic carbocycles. The van der Waals surface area contributed by atoms with Crippen molar-refractivity contribution in [2.24, 2.45) is 7.05 Å². The third-order valence-corrected chi connectivity index (χ3v) is 3.19. The molecule has 21 heavy (non-hydrogen) atoms. The molecule has 2 heterocycles. The Morgan fingerprint density at radius 2 is 2.19 bits per heavy atom. The second kappa shape index (κ2) is 7.42. The van der Waals surface area contributed by atoms with E-state index in [2.05, 4.69) is 27.5 Å². The van der Waals surface area contributed by atoms with E-state index in [1.165, 1.54) is 0 Å². The molecule has 0 spiro atoms. The quantitative estimate of drug-likeness (QED) is 0.811. The molecule has 2 rings (SSSR count). The molecular formula is C15H21N5O. The number of rotatable bonds is 7. The molecule has 0 radical (unpaired) electrons. The maximum absolute atomic E-state index is 12.2. The van der Waals surface area contributed by atoms with Crippen molar-refractivity contribution in [1.29, 1.82) is 0 Å². The van der Waals surface area contributed by atoms with Gasteiger partial charge in [-0.25, -0.2) is 4.98 Å². The van der Waals surface area contributed by atoms with Crippen LogP contribution in [0.2, 0.25) is 0 Å². The number of aryl methyl sites for hydroxylation is 1. The maximum atomic E-state index is 12.2. The summed E-state index contributed by atoms with van der Waals surface area (Å²) >= 11 is 0. The summed E-state index contributed by atoms with van der Waals surface area (Å²) in [6.45, 7) is 3.46. The van der Waals surface area contributed by atoms with Crippen LogP contribution in [-0.4, -0.2) is 33.5 Å². The lowest BCUT2D eigenvalue weighted by molar-refractivity contribution is 0.0954. The largest absolute Gasteiger partial charge is 0.384 e. The van der Waals surface area contributed by atoms with Gasteiger partial charge >= 0.3 is 0 Å². The van der Waals surface area contributed by atoms with Crippen molar-refractivity contribution in [2.45, 2.75) is 19.8 Å². The fraction of sp³-hybridized carbons (Fsp3) is 0.400. The van der Waals surface area contributed by atoms with E-state index in [0.29, 0.717) is 18.5 Å². The molecule has 0 bridgehead atoms. The summed E-state index contributed by atoms with van der Waals surface area (Å²) in [5.41, 5.74) is 1.40. The average molecular weight is 287 g/mol. The number of hydrogen-bond donors (Lipinski definition) is 2. The van der Waals surface area contributed by atoms with Gasteiger partial charge in [-0.1, -0.05) is 6.92 Å². The van der Waals surface area contributed by atoms with Gasteiger partial charge in [-0.15, -0.1) is 0 Å². The summed E-state index contributed by atoms with van der Waals surface area (Å²) < 4.78 is 1.95. The second-order valence-electron chi connectivity index (χ2n) is 4.81. The minimum atomic E-state index is -0.115. The maximum Gasteiger partial charge on any atom is 0.254 e. The summed E-state index contributed by atoms with van der Waals surface area (Å²) in [6.07, 6.45) is 8.63. The van der Waals surface area contributed by atoms with Gasteiger partial charge in [-0.05, 0) is 12.5 Å². The molecule has 0 fully saturated rings. The smallest absolute Gasteiger partial charge is 0.254 e. The molecule has 0 saturated heterocycles. The Kier molecular flexibility index (Phi) is 5.31. The number of nitrogens with one attached hydrogen (secondary N) is 2. The first-order valence-corrected chi connectivity index (χ1v) is 7.14. The van der Waals surface area contributed by atoms with E-state index in [9.17, 15) is 4.79 Å². The SMILES string of the molecule is CCCNc1ccncc1C(=O)NCCc1nccn1C. The van der Waals surface area contributed by atoms with Crippen LogP contribution in [-0.2, 0) is 13.5 Å². The van der Waals surface area contributed by atoms with Crippen molar-refractivity contribution < 1.29 is 4.79 Å². The lowest BCUT2D eigenvalue weighted by atomic mass is 10.2. The van der Waals surface area contributed by atoms with E-state index in [1.54, 1.807) is 18.6 Å². The van der Waals surface area contributed by atoms with Gasteiger partial charge in [0.1, 0.15) is 5.82 Å². The molecule has 0 aliphatic rings. The van der Waals surface area contributed by atoms with Crippen molar-refractivity contribution in [3.8, 4) is 0 Å². The molecule has 0 saturated carbocycles. The highest BCUT2D eigenvalue weighted by Gasteiger charge is 2.11. The first-order chi connectivity index (χ1) is 10.2. The van der Waals surface area contributed by atoms with Crippen molar-refractivity contribution in [3.63, 3.8) is 0 Å². The predicted molar refractivity (Wildman–Crippen MR) is 82.3 cm³/mol. The lowest BCUT2D eigenvalue weighted by Crippen LogP contribution is -2.27. The number of hydrogen-bond acceptors (Lipinski definition) is 4. The van der Waals surface area contributed by atoms with Gasteiger partial charge in [0.25, 0.3) is 5.91 Å². The molecule has 112 valence electrons. The molecule has 2 N–H and O–H groups in total. The van der Waals surface area contributed by atoms with E-state index in [4.69, 9.17) is 0 Å². The summed E-state index contributed by atoms with van der Waals surface area (Å²) in [7, 11) is 1.94. The average Bonchev–Trinajstić information content (AvgIpc) is 2.91. The Bertz CT molecular complexity index is 593. The lowest BCUT2D eigenvalue weighted by Gasteiger charge is -2.11. The first-order valence-electron chi connectivity index (χ1n) is 7.14. The topological polar surface area (TPSA) is 71.8 Å². The van der Waals surface area contributed by atoms with E-state index >= 15 is 0 Å². The predicted octanol–water partition coefficient (Wildman–Crippen LogP) is 1.61. The Balaban J connectivity index is 1.92. The van der Waals surface area contributed by atoms with Crippen LogP contribution in [0.1, 0.15) is 29.5 Å². The van der Waals surface area contributed by atoms with Crippen LogP contribution in [0.3, 0.4) is 0 Å². The van der Waals surface area contributed by atoms with Gasteiger partial charge in [0.15, 0.2) is 0 Å². The van der Waals surface area contributed by atoms with E-state index in [0.717, 1.165) is 24.5 Å². The first kappa shape index (κ1) is 15.0. The van der Waals surface area contributed by atoms with Gasteiger partial charge < -0.3 is 15.2 Å². The highest BCUT2D eigenvalue weighted by molar-refractivity contribution is 5.99. The van der Waals surface area contributed by atoms with E-state index < -0.39 is 0 Å². The highest BCUT2D eigenvalue weighted by atomic mass is 16.1. The highest BCUT2D eigenvalue weighted by Crippen LogP contribution is 2.13. The molecule has 2 aromatic heterocycles. The van der Waals surface area contributed by atoms with Crippen LogP contribution >= 0.6 is 0 Å². The summed E-state index contributed by atoms with van der Waals surface area (Å²) in [5, 5.41) is 6.15. The van der Waals surface area contributed by atoms with Gasteiger partial charge in [-0.2, -0.15) is 0 Å². The third-order valence-electron chi connectivity index (χ3n) is 3.19. The molecule has 2 aromatic rings. The summed E-state index contributed by atoms with van der Waals surface area (Å²) in [6, 6.07) is 1.82. The van der Waals surface area contributed by atoms with Crippen LogP contribution in [0, 0.1) is 0 Å². The Labute approximate surface area is 124 Å². The zero-order valence-corrected chi connectivity index (χ0v) is 12.5. The van der Waals surface area contributed by atoms with Crippen LogP contribution < -0.4 is 10.6 Å². The monoisotopic (exact) mass is 287 g/mol. The molecule has 0 unspecified atom stereocenters. The van der Waals surface area contributed by atoms with Crippen LogP contribution in [0.4, 0.5) is 5.69 Å². The zero-order valence-electron chi connectivity index (χ0n) is 12.5. The Morgan fingerprint density at radius 3 is 2.90 bits per heavy atom. The van der Waals surface area contributed by atoms with Gasteiger partial charge in [0.05, 0.1) is 11.3 Å². The molecule has 6 nitrogen and oxygen atoms in total. The summed E-state index contributed by atoms with van der Waals surface area (Å²) in [5.74, 6) is 0.835. The number of imidazole rings is 1. The number of nitrogens with zero attached hydrogens (tertiary/aromatic N) is 3. The zero-order chi connectivity index (χ0) is 15.1. The molecule has 0 aliphatic carbocycles. The van der Waals surface area contributed by atoms with E-state index in [-0.39, 0.29) is 5.91 Å². The number of amides is 1. The number of carbonyl (C=O) groups is 1. The van der Waals surface area contributed by atoms with Crippen molar-refractivity contribution in [3.05, 3.63) is 42.2 Å². The molecule has 0 aliphatic heterocycles. The number of anilines is 1. The number of pyridine rings is 1. The number of carbonyl (C=O) groups excluding carboxylic acids is 1. The van der Waals surface area contributed by atoms with Crippen molar-refractivity contribution in [1.82, 2.24) is 19.9 Å². The van der Waals surface area contributed by atoms with Crippen LogP contribution in [0.5, 0.6) is 0 Å². The summed E-state index contributed by atoms with van der Waals surface area (Å²) in [4.78, 5) is 20.5. The third kappa shape index (κ3) is 4.05. The van der Waals surface area contributed by atoms with E-state index in [1.807, 2.05) is 23.9 Å².